The smallest absolute Gasteiger partial charge is 0.133 e. The van der Waals surface area contributed by atoms with E-state index < -0.39 is 0 Å². The van der Waals surface area contributed by atoms with Crippen molar-refractivity contribution in [2.75, 3.05) is 11.9 Å². The minimum Gasteiger partial charge on any atom is -0.369 e. The highest BCUT2D eigenvalue weighted by atomic mass is 79.9. The predicted molar refractivity (Wildman–Crippen MR) is 89.1 cm³/mol. The van der Waals surface area contributed by atoms with Gasteiger partial charge in [-0.2, -0.15) is 0 Å². The molecule has 0 aliphatic heterocycles. The van der Waals surface area contributed by atoms with Gasteiger partial charge in [0.25, 0.3) is 0 Å². The minimum atomic E-state index is 0.425. The normalized spacial score (nSPS) is 18.1. The van der Waals surface area contributed by atoms with Gasteiger partial charge in [0.15, 0.2) is 0 Å². The molecule has 1 aliphatic carbocycles. The maximum atomic E-state index is 4.53. The molecule has 0 bridgehead atoms. The van der Waals surface area contributed by atoms with Crippen LogP contribution in [0.15, 0.2) is 34.9 Å². The molecule has 2 aromatic rings. The quantitative estimate of drug-likeness (QED) is 0.816. The van der Waals surface area contributed by atoms with E-state index in [-0.39, 0.29) is 0 Å². The second-order valence-electron chi connectivity index (χ2n) is 6.22. The van der Waals surface area contributed by atoms with Crippen molar-refractivity contribution in [1.82, 2.24) is 4.98 Å². The molecule has 1 heterocycles. The number of aromatic nitrogens is 1. The molecule has 1 saturated carbocycles. The van der Waals surface area contributed by atoms with Gasteiger partial charge < -0.3 is 5.32 Å². The molecule has 3 rings (SSSR count). The Labute approximate surface area is 129 Å². The standard InChI is InChI=1S/C17H21BrN2/c1-17(9-3-2-4-10-17)12-20-16-14-6-5-7-15(18)13(14)8-11-19-16/h5-8,11H,2-4,9-10,12H2,1H3,(H,19,20). The number of pyridine rings is 1. The molecule has 1 aliphatic rings. The summed E-state index contributed by atoms with van der Waals surface area (Å²) in [4.78, 5) is 4.53. The van der Waals surface area contributed by atoms with Gasteiger partial charge >= 0.3 is 0 Å². The maximum Gasteiger partial charge on any atom is 0.133 e. The van der Waals surface area contributed by atoms with Gasteiger partial charge in [0.2, 0.25) is 0 Å². The number of anilines is 1. The van der Waals surface area contributed by atoms with Crippen LogP contribution in [-0.4, -0.2) is 11.5 Å². The number of fused-ring (bicyclic) bond motifs is 1. The van der Waals surface area contributed by atoms with Crippen molar-refractivity contribution in [3.63, 3.8) is 0 Å². The van der Waals surface area contributed by atoms with Crippen LogP contribution in [0.25, 0.3) is 10.8 Å². The summed E-state index contributed by atoms with van der Waals surface area (Å²) < 4.78 is 1.13. The van der Waals surface area contributed by atoms with Crippen molar-refractivity contribution in [3.05, 3.63) is 34.9 Å². The number of nitrogens with zero attached hydrogens (tertiary/aromatic N) is 1. The molecule has 0 radical (unpaired) electrons. The van der Waals surface area contributed by atoms with E-state index in [1.165, 1.54) is 42.9 Å². The molecule has 0 atom stereocenters. The summed E-state index contributed by atoms with van der Waals surface area (Å²) in [6.45, 7) is 3.42. The molecule has 2 nitrogen and oxygen atoms in total. The molecule has 0 saturated heterocycles. The van der Waals surface area contributed by atoms with E-state index in [4.69, 9.17) is 0 Å². The second-order valence-corrected chi connectivity index (χ2v) is 7.07. The van der Waals surface area contributed by atoms with Gasteiger partial charge in [-0.1, -0.05) is 54.2 Å². The predicted octanol–water partition coefficient (Wildman–Crippen LogP) is 5.38. The fourth-order valence-electron chi connectivity index (χ4n) is 3.19. The Kier molecular flexibility index (Phi) is 3.97. The third kappa shape index (κ3) is 2.83. The van der Waals surface area contributed by atoms with Gasteiger partial charge in [0.05, 0.1) is 0 Å². The number of hydrogen-bond donors (Lipinski definition) is 1. The molecule has 3 heteroatoms. The van der Waals surface area contributed by atoms with E-state index in [1.807, 2.05) is 6.20 Å². The van der Waals surface area contributed by atoms with Crippen molar-refractivity contribution in [1.29, 1.82) is 0 Å². The lowest BCUT2D eigenvalue weighted by atomic mass is 9.76. The topological polar surface area (TPSA) is 24.9 Å². The van der Waals surface area contributed by atoms with Gasteiger partial charge in [0, 0.05) is 28.0 Å². The summed E-state index contributed by atoms with van der Waals surface area (Å²) in [5.41, 5.74) is 0.425. The summed E-state index contributed by atoms with van der Waals surface area (Å²) >= 11 is 3.61. The summed E-state index contributed by atoms with van der Waals surface area (Å²) in [5.74, 6) is 1.01. The second kappa shape index (κ2) is 5.72. The largest absolute Gasteiger partial charge is 0.369 e. The minimum absolute atomic E-state index is 0.425. The van der Waals surface area contributed by atoms with Crippen LogP contribution >= 0.6 is 15.9 Å². The number of rotatable bonds is 3. The summed E-state index contributed by atoms with van der Waals surface area (Å²) in [5, 5.41) is 6.01. The molecule has 0 amide bonds. The summed E-state index contributed by atoms with van der Waals surface area (Å²) in [7, 11) is 0. The number of nitrogens with one attached hydrogen (secondary N) is 1. The van der Waals surface area contributed by atoms with Crippen LogP contribution in [0.1, 0.15) is 39.0 Å². The lowest BCUT2D eigenvalue weighted by Gasteiger charge is -2.34. The van der Waals surface area contributed by atoms with Crippen LogP contribution in [0.2, 0.25) is 0 Å². The lowest BCUT2D eigenvalue weighted by molar-refractivity contribution is 0.233. The highest BCUT2D eigenvalue weighted by Crippen LogP contribution is 2.36. The van der Waals surface area contributed by atoms with Crippen LogP contribution < -0.4 is 5.32 Å². The van der Waals surface area contributed by atoms with Gasteiger partial charge in [-0.15, -0.1) is 0 Å². The van der Waals surface area contributed by atoms with E-state index in [2.05, 4.69) is 57.4 Å². The molecule has 106 valence electrons. The Hall–Kier alpha value is -1.09. The fraction of sp³-hybridized carbons (Fsp3) is 0.471. The monoisotopic (exact) mass is 332 g/mol. The number of halogens is 1. The highest BCUT2D eigenvalue weighted by molar-refractivity contribution is 9.10. The first-order chi connectivity index (χ1) is 9.68. The van der Waals surface area contributed by atoms with Crippen molar-refractivity contribution in [2.24, 2.45) is 5.41 Å². The average Bonchev–Trinajstić information content (AvgIpc) is 2.47. The SMILES string of the molecule is CC1(CNc2nccc3c(Br)cccc23)CCCCC1. The van der Waals surface area contributed by atoms with E-state index in [0.717, 1.165) is 16.8 Å². The Morgan fingerprint density at radius 1 is 1.15 bits per heavy atom. The molecular weight excluding hydrogens is 312 g/mol. The third-order valence-corrected chi connectivity index (χ3v) is 5.19. The van der Waals surface area contributed by atoms with E-state index >= 15 is 0 Å². The molecule has 1 aromatic heterocycles. The van der Waals surface area contributed by atoms with Crippen LogP contribution in [-0.2, 0) is 0 Å². The molecule has 1 N–H and O–H groups in total. The first-order valence-electron chi connectivity index (χ1n) is 7.45. The third-order valence-electron chi connectivity index (χ3n) is 4.50. The molecular formula is C17H21BrN2. The van der Waals surface area contributed by atoms with Crippen LogP contribution in [0.5, 0.6) is 0 Å². The zero-order valence-corrected chi connectivity index (χ0v) is 13.5. The van der Waals surface area contributed by atoms with E-state index in [0.29, 0.717) is 5.41 Å². The fourth-order valence-corrected chi connectivity index (χ4v) is 3.69. The van der Waals surface area contributed by atoms with Crippen LogP contribution in [0.3, 0.4) is 0 Å². The molecule has 1 fully saturated rings. The van der Waals surface area contributed by atoms with Crippen LogP contribution in [0.4, 0.5) is 5.82 Å². The van der Waals surface area contributed by atoms with Gasteiger partial charge in [-0.25, -0.2) is 4.98 Å². The summed E-state index contributed by atoms with van der Waals surface area (Å²) in [6.07, 6.45) is 8.68. The Balaban J connectivity index is 1.82. The Morgan fingerprint density at radius 2 is 1.95 bits per heavy atom. The Morgan fingerprint density at radius 3 is 2.75 bits per heavy atom. The van der Waals surface area contributed by atoms with Gasteiger partial charge in [-0.05, 0) is 30.4 Å². The highest BCUT2D eigenvalue weighted by Gasteiger charge is 2.26. The van der Waals surface area contributed by atoms with Gasteiger partial charge in [-0.3, -0.25) is 0 Å². The van der Waals surface area contributed by atoms with E-state index in [9.17, 15) is 0 Å². The van der Waals surface area contributed by atoms with E-state index in [1.54, 1.807) is 0 Å². The molecule has 0 unspecified atom stereocenters. The number of hydrogen-bond acceptors (Lipinski definition) is 2. The molecule has 0 spiro atoms. The lowest BCUT2D eigenvalue weighted by Crippen LogP contribution is -2.29. The van der Waals surface area contributed by atoms with Crippen molar-refractivity contribution >= 4 is 32.5 Å². The van der Waals surface area contributed by atoms with Gasteiger partial charge in [0.1, 0.15) is 5.82 Å². The number of benzene rings is 1. The molecule has 1 aromatic carbocycles. The maximum absolute atomic E-state index is 4.53. The Bertz CT molecular complexity index is 603. The first kappa shape index (κ1) is 13.9. The summed E-state index contributed by atoms with van der Waals surface area (Å²) in [6, 6.07) is 8.35. The van der Waals surface area contributed by atoms with Crippen LogP contribution in [0, 0.1) is 5.41 Å². The molecule has 20 heavy (non-hydrogen) atoms. The zero-order valence-electron chi connectivity index (χ0n) is 12.0. The van der Waals surface area contributed by atoms with Crippen molar-refractivity contribution in [2.45, 2.75) is 39.0 Å². The zero-order chi connectivity index (χ0) is 14.0. The average molecular weight is 333 g/mol. The van der Waals surface area contributed by atoms with Crippen molar-refractivity contribution < 1.29 is 0 Å². The van der Waals surface area contributed by atoms with Crippen molar-refractivity contribution in [3.8, 4) is 0 Å². The first-order valence-corrected chi connectivity index (χ1v) is 8.24.